The molecule has 140 valence electrons. The van der Waals surface area contributed by atoms with Crippen LogP contribution in [0.4, 0.5) is 11.4 Å². The molecular formula is C18H24ClN5O2. The van der Waals surface area contributed by atoms with Gasteiger partial charge < -0.3 is 16.0 Å². The Morgan fingerprint density at radius 3 is 2.77 bits per heavy atom. The van der Waals surface area contributed by atoms with Crippen LogP contribution in [-0.2, 0) is 4.79 Å². The molecule has 7 nitrogen and oxygen atoms in total. The first kappa shape index (κ1) is 19.9. The SMILES string of the molecule is CC(=O)Nc1ccc(C)c(NC(=O)c2ccn(C3CCCNC3)n2)c1.Cl. The highest BCUT2D eigenvalue weighted by molar-refractivity contribution is 6.03. The van der Waals surface area contributed by atoms with Crippen LogP contribution in [0.3, 0.4) is 0 Å². The maximum absolute atomic E-state index is 12.5. The summed E-state index contributed by atoms with van der Waals surface area (Å²) in [7, 11) is 0. The zero-order valence-corrected chi connectivity index (χ0v) is 15.7. The Labute approximate surface area is 159 Å². The van der Waals surface area contributed by atoms with E-state index >= 15 is 0 Å². The van der Waals surface area contributed by atoms with Crippen molar-refractivity contribution in [2.45, 2.75) is 32.7 Å². The highest BCUT2D eigenvalue weighted by atomic mass is 35.5. The van der Waals surface area contributed by atoms with E-state index in [0.29, 0.717) is 23.1 Å². The lowest BCUT2D eigenvalue weighted by Gasteiger charge is -2.22. The minimum Gasteiger partial charge on any atom is -0.326 e. The molecule has 8 heteroatoms. The third-order valence-electron chi connectivity index (χ3n) is 4.29. The number of benzene rings is 1. The number of piperidine rings is 1. The van der Waals surface area contributed by atoms with Crippen LogP contribution in [-0.4, -0.2) is 34.7 Å². The molecule has 0 bridgehead atoms. The molecule has 0 saturated carbocycles. The van der Waals surface area contributed by atoms with Gasteiger partial charge in [0.25, 0.3) is 5.91 Å². The number of carbonyl (C=O) groups excluding carboxylic acids is 2. The van der Waals surface area contributed by atoms with Crippen molar-refractivity contribution >= 4 is 35.6 Å². The number of aromatic nitrogens is 2. The van der Waals surface area contributed by atoms with Gasteiger partial charge in [0.15, 0.2) is 5.69 Å². The van der Waals surface area contributed by atoms with Crippen LogP contribution < -0.4 is 16.0 Å². The van der Waals surface area contributed by atoms with Crippen LogP contribution in [0.2, 0.25) is 0 Å². The Hall–Kier alpha value is -2.38. The lowest BCUT2D eigenvalue weighted by molar-refractivity contribution is -0.114. The highest BCUT2D eigenvalue weighted by Crippen LogP contribution is 2.21. The zero-order chi connectivity index (χ0) is 17.8. The van der Waals surface area contributed by atoms with Gasteiger partial charge in [0, 0.05) is 31.0 Å². The number of halogens is 1. The van der Waals surface area contributed by atoms with Crippen molar-refractivity contribution in [3.63, 3.8) is 0 Å². The van der Waals surface area contributed by atoms with Crippen molar-refractivity contribution in [2.75, 3.05) is 23.7 Å². The zero-order valence-electron chi connectivity index (χ0n) is 14.9. The summed E-state index contributed by atoms with van der Waals surface area (Å²) in [5.41, 5.74) is 2.60. The molecule has 1 aromatic carbocycles. The summed E-state index contributed by atoms with van der Waals surface area (Å²) in [6, 6.07) is 7.43. The monoisotopic (exact) mass is 377 g/mol. The molecule has 2 aromatic rings. The average Bonchev–Trinajstić information content (AvgIpc) is 3.08. The predicted octanol–water partition coefficient (Wildman–Crippen LogP) is 2.75. The summed E-state index contributed by atoms with van der Waals surface area (Å²) in [6.45, 7) is 5.26. The Morgan fingerprint density at radius 2 is 2.08 bits per heavy atom. The molecule has 1 aromatic heterocycles. The number of rotatable bonds is 4. The number of carbonyl (C=O) groups is 2. The van der Waals surface area contributed by atoms with E-state index in [1.807, 2.05) is 23.9 Å². The van der Waals surface area contributed by atoms with Crippen LogP contribution in [0.15, 0.2) is 30.5 Å². The Morgan fingerprint density at radius 1 is 1.27 bits per heavy atom. The van der Waals surface area contributed by atoms with E-state index < -0.39 is 0 Å². The number of nitrogens with one attached hydrogen (secondary N) is 3. The van der Waals surface area contributed by atoms with E-state index in [1.54, 1.807) is 18.2 Å². The summed E-state index contributed by atoms with van der Waals surface area (Å²) in [6.07, 6.45) is 4.03. The second kappa shape index (κ2) is 8.82. The van der Waals surface area contributed by atoms with E-state index in [4.69, 9.17) is 0 Å². The van der Waals surface area contributed by atoms with Crippen LogP contribution in [0.1, 0.15) is 41.9 Å². The van der Waals surface area contributed by atoms with Gasteiger partial charge in [-0.05, 0) is 50.1 Å². The Kier molecular flexibility index (Phi) is 6.76. The van der Waals surface area contributed by atoms with Crippen molar-refractivity contribution in [2.24, 2.45) is 0 Å². The summed E-state index contributed by atoms with van der Waals surface area (Å²) in [5, 5.41) is 13.4. The minimum absolute atomic E-state index is 0. The third kappa shape index (κ3) is 4.83. The van der Waals surface area contributed by atoms with Gasteiger partial charge >= 0.3 is 0 Å². The Bertz CT molecular complexity index is 784. The number of hydrogen-bond donors (Lipinski definition) is 3. The van der Waals surface area contributed by atoms with Crippen molar-refractivity contribution < 1.29 is 9.59 Å². The number of amides is 2. The predicted molar refractivity (Wildman–Crippen MR) is 104 cm³/mol. The van der Waals surface area contributed by atoms with Crippen LogP contribution >= 0.6 is 12.4 Å². The fraction of sp³-hybridized carbons (Fsp3) is 0.389. The minimum atomic E-state index is -0.259. The van der Waals surface area contributed by atoms with Gasteiger partial charge in [-0.25, -0.2) is 0 Å². The number of hydrogen-bond acceptors (Lipinski definition) is 4. The van der Waals surface area contributed by atoms with Gasteiger partial charge in [-0.1, -0.05) is 6.07 Å². The second-order valence-electron chi connectivity index (χ2n) is 6.35. The quantitative estimate of drug-likeness (QED) is 0.764. The van der Waals surface area contributed by atoms with Crippen molar-refractivity contribution in [1.29, 1.82) is 0 Å². The number of nitrogens with zero attached hydrogens (tertiary/aromatic N) is 2. The first-order valence-electron chi connectivity index (χ1n) is 8.48. The van der Waals surface area contributed by atoms with Crippen molar-refractivity contribution in [3.8, 4) is 0 Å². The first-order chi connectivity index (χ1) is 12.0. The number of aryl methyl sites for hydroxylation is 1. The largest absolute Gasteiger partial charge is 0.326 e. The summed E-state index contributed by atoms with van der Waals surface area (Å²) < 4.78 is 1.86. The third-order valence-corrected chi connectivity index (χ3v) is 4.29. The highest BCUT2D eigenvalue weighted by Gasteiger charge is 2.18. The van der Waals surface area contributed by atoms with E-state index in [2.05, 4.69) is 21.0 Å². The van der Waals surface area contributed by atoms with Crippen LogP contribution in [0.25, 0.3) is 0 Å². The molecule has 3 N–H and O–H groups in total. The lowest BCUT2D eigenvalue weighted by atomic mass is 10.1. The smallest absolute Gasteiger partial charge is 0.276 e. The topological polar surface area (TPSA) is 88.0 Å². The fourth-order valence-corrected chi connectivity index (χ4v) is 2.95. The summed E-state index contributed by atoms with van der Waals surface area (Å²) in [4.78, 5) is 23.7. The molecule has 1 unspecified atom stereocenters. The second-order valence-corrected chi connectivity index (χ2v) is 6.35. The van der Waals surface area contributed by atoms with E-state index in [-0.39, 0.29) is 24.2 Å². The molecular weight excluding hydrogens is 354 g/mol. The molecule has 0 aliphatic carbocycles. The molecule has 3 rings (SSSR count). The van der Waals surface area contributed by atoms with Gasteiger partial charge in [0.05, 0.1) is 6.04 Å². The van der Waals surface area contributed by atoms with Gasteiger partial charge in [-0.15, -0.1) is 12.4 Å². The molecule has 1 aliphatic rings. The molecule has 2 heterocycles. The van der Waals surface area contributed by atoms with Gasteiger partial charge in [-0.2, -0.15) is 5.10 Å². The standard InChI is InChI=1S/C18H23N5O2.ClH/c1-12-5-6-14(20-13(2)24)10-17(12)21-18(25)16-7-9-23(22-16)15-4-3-8-19-11-15;/h5-7,9-10,15,19H,3-4,8,11H2,1-2H3,(H,20,24)(H,21,25);1H. The number of anilines is 2. The van der Waals surface area contributed by atoms with Crippen molar-refractivity contribution in [1.82, 2.24) is 15.1 Å². The molecule has 26 heavy (non-hydrogen) atoms. The van der Waals surface area contributed by atoms with Gasteiger partial charge in [-0.3, -0.25) is 14.3 Å². The summed E-state index contributed by atoms with van der Waals surface area (Å²) in [5.74, 6) is -0.411. The molecule has 1 atom stereocenters. The van der Waals surface area contributed by atoms with Gasteiger partial charge in [0.2, 0.25) is 5.91 Å². The fourth-order valence-electron chi connectivity index (χ4n) is 2.95. The molecule has 1 fully saturated rings. The normalized spacial score (nSPS) is 16.5. The Balaban J connectivity index is 0.00000243. The van der Waals surface area contributed by atoms with E-state index in [1.165, 1.54) is 6.92 Å². The van der Waals surface area contributed by atoms with Crippen molar-refractivity contribution in [3.05, 3.63) is 41.7 Å². The van der Waals surface area contributed by atoms with E-state index in [0.717, 1.165) is 31.5 Å². The first-order valence-corrected chi connectivity index (χ1v) is 8.48. The maximum Gasteiger partial charge on any atom is 0.276 e. The molecule has 1 saturated heterocycles. The van der Waals surface area contributed by atoms with Crippen LogP contribution in [0.5, 0.6) is 0 Å². The summed E-state index contributed by atoms with van der Waals surface area (Å²) >= 11 is 0. The molecule has 2 amide bonds. The lowest BCUT2D eigenvalue weighted by Crippen LogP contribution is -2.32. The van der Waals surface area contributed by atoms with E-state index in [9.17, 15) is 9.59 Å². The van der Waals surface area contributed by atoms with Gasteiger partial charge in [0.1, 0.15) is 0 Å². The molecule has 0 radical (unpaired) electrons. The van der Waals surface area contributed by atoms with Crippen LogP contribution in [0, 0.1) is 6.92 Å². The molecule has 1 aliphatic heterocycles. The average molecular weight is 378 g/mol. The molecule has 0 spiro atoms. The maximum atomic E-state index is 12.5.